The fourth-order valence-corrected chi connectivity index (χ4v) is 1.71. The highest BCUT2D eigenvalue weighted by molar-refractivity contribution is 5.11. The van der Waals surface area contributed by atoms with E-state index in [1.807, 2.05) is 18.2 Å². The van der Waals surface area contributed by atoms with E-state index in [1.165, 1.54) is 0 Å². The molecule has 1 saturated heterocycles. The van der Waals surface area contributed by atoms with Crippen LogP contribution in [0.3, 0.4) is 0 Å². The molecule has 0 aromatic carbocycles. The second-order valence-electron chi connectivity index (χ2n) is 3.55. The van der Waals surface area contributed by atoms with Gasteiger partial charge in [-0.1, -0.05) is 6.07 Å². The van der Waals surface area contributed by atoms with E-state index < -0.39 is 0 Å². The molecule has 2 rings (SSSR count). The summed E-state index contributed by atoms with van der Waals surface area (Å²) in [5.74, 6) is 0. The van der Waals surface area contributed by atoms with E-state index in [4.69, 9.17) is 5.73 Å². The third kappa shape index (κ3) is 2.09. The first-order valence-electron chi connectivity index (χ1n) is 4.98. The monoisotopic (exact) mass is 192 g/mol. The van der Waals surface area contributed by atoms with Crippen molar-refractivity contribution < 1.29 is 0 Å². The molecular weight excluding hydrogens is 176 g/mol. The van der Waals surface area contributed by atoms with Gasteiger partial charge in [-0.3, -0.25) is 4.98 Å². The Balaban J connectivity index is 2.03. The zero-order chi connectivity index (χ0) is 9.80. The van der Waals surface area contributed by atoms with E-state index in [0.29, 0.717) is 6.04 Å². The summed E-state index contributed by atoms with van der Waals surface area (Å²) in [6, 6.07) is 6.12. The summed E-state index contributed by atoms with van der Waals surface area (Å²) in [6.07, 6.45) is 1.78. The summed E-state index contributed by atoms with van der Waals surface area (Å²) < 4.78 is 0. The smallest absolute Gasteiger partial charge is 0.0638 e. The number of piperazine rings is 1. The van der Waals surface area contributed by atoms with Crippen LogP contribution in [-0.4, -0.2) is 30.7 Å². The third-order valence-electron chi connectivity index (χ3n) is 2.54. The maximum absolute atomic E-state index is 6.10. The SMILES string of the molecule is NC(c1ccccn1)C1CNCCN1. The van der Waals surface area contributed by atoms with Gasteiger partial charge in [0.25, 0.3) is 0 Å². The minimum atomic E-state index is -0.0241. The molecule has 0 saturated carbocycles. The first-order valence-corrected chi connectivity index (χ1v) is 4.98. The molecule has 1 aliphatic rings. The Morgan fingerprint density at radius 2 is 2.36 bits per heavy atom. The Hall–Kier alpha value is -0.970. The first-order chi connectivity index (χ1) is 6.88. The maximum Gasteiger partial charge on any atom is 0.0638 e. The van der Waals surface area contributed by atoms with Crippen LogP contribution in [0.2, 0.25) is 0 Å². The summed E-state index contributed by atoms with van der Waals surface area (Å²) in [5.41, 5.74) is 7.06. The Kier molecular flexibility index (Phi) is 3.08. The molecule has 2 atom stereocenters. The van der Waals surface area contributed by atoms with Crippen LogP contribution in [-0.2, 0) is 0 Å². The number of aromatic nitrogens is 1. The molecule has 4 heteroatoms. The molecule has 4 N–H and O–H groups in total. The predicted molar refractivity (Wildman–Crippen MR) is 55.8 cm³/mol. The Morgan fingerprint density at radius 3 is 3.00 bits per heavy atom. The molecule has 0 spiro atoms. The molecular formula is C10H16N4. The number of nitrogens with one attached hydrogen (secondary N) is 2. The highest BCUT2D eigenvalue weighted by Gasteiger charge is 2.21. The van der Waals surface area contributed by atoms with Gasteiger partial charge in [0.15, 0.2) is 0 Å². The number of rotatable bonds is 2. The van der Waals surface area contributed by atoms with Crippen molar-refractivity contribution in [2.75, 3.05) is 19.6 Å². The molecule has 0 bridgehead atoms. The van der Waals surface area contributed by atoms with Crippen LogP contribution in [0.15, 0.2) is 24.4 Å². The maximum atomic E-state index is 6.10. The van der Waals surface area contributed by atoms with Gasteiger partial charge in [0.2, 0.25) is 0 Å². The fraction of sp³-hybridized carbons (Fsp3) is 0.500. The lowest BCUT2D eigenvalue weighted by molar-refractivity contribution is 0.366. The number of nitrogens with two attached hydrogens (primary N) is 1. The summed E-state index contributed by atoms with van der Waals surface area (Å²) in [7, 11) is 0. The van der Waals surface area contributed by atoms with Crippen LogP contribution < -0.4 is 16.4 Å². The molecule has 1 aromatic heterocycles. The van der Waals surface area contributed by atoms with Gasteiger partial charge in [0.1, 0.15) is 0 Å². The van der Waals surface area contributed by atoms with E-state index in [-0.39, 0.29) is 6.04 Å². The summed E-state index contributed by atoms with van der Waals surface area (Å²) in [4.78, 5) is 4.26. The minimum absolute atomic E-state index is 0.0241. The van der Waals surface area contributed by atoms with Gasteiger partial charge < -0.3 is 16.4 Å². The normalized spacial score (nSPS) is 24.5. The van der Waals surface area contributed by atoms with Crippen LogP contribution in [0.1, 0.15) is 11.7 Å². The Morgan fingerprint density at radius 1 is 1.43 bits per heavy atom. The third-order valence-corrected chi connectivity index (χ3v) is 2.54. The van der Waals surface area contributed by atoms with E-state index >= 15 is 0 Å². The molecule has 4 nitrogen and oxygen atoms in total. The van der Waals surface area contributed by atoms with Crippen molar-refractivity contribution in [3.8, 4) is 0 Å². The molecule has 2 unspecified atom stereocenters. The second kappa shape index (κ2) is 4.50. The van der Waals surface area contributed by atoms with Crippen molar-refractivity contribution in [2.45, 2.75) is 12.1 Å². The lowest BCUT2D eigenvalue weighted by Gasteiger charge is -2.29. The van der Waals surface area contributed by atoms with Crippen molar-refractivity contribution in [3.05, 3.63) is 30.1 Å². The van der Waals surface area contributed by atoms with Crippen molar-refractivity contribution in [2.24, 2.45) is 5.73 Å². The van der Waals surface area contributed by atoms with Crippen molar-refractivity contribution >= 4 is 0 Å². The Bertz CT molecular complexity index is 269. The van der Waals surface area contributed by atoms with Gasteiger partial charge in [0.05, 0.1) is 11.7 Å². The van der Waals surface area contributed by atoms with Crippen LogP contribution in [0.4, 0.5) is 0 Å². The zero-order valence-electron chi connectivity index (χ0n) is 8.11. The molecule has 14 heavy (non-hydrogen) atoms. The van der Waals surface area contributed by atoms with Crippen molar-refractivity contribution in [1.29, 1.82) is 0 Å². The average Bonchev–Trinajstić information content (AvgIpc) is 2.30. The molecule has 2 heterocycles. The fourth-order valence-electron chi connectivity index (χ4n) is 1.71. The average molecular weight is 192 g/mol. The van der Waals surface area contributed by atoms with E-state index in [2.05, 4.69) is 15.6 Å². The van der Waals surface area contributed by atoms with E-state index in [0.717, 1.165) is 25.3 Å². The quantitative estimate of drug-likeness (QED) is 0.599. The predicted octanol–water partition coefficient (Wildman–Crippen LogP) is -0.357. The largest absolute Gasteiger partial charge is 0.321 e. The molecule has 0 amide bonds. The molecule has 1 fully saturated rings. The molecule has 76 valence electrons. The topological polar surface area (TPSA) is 63.0 Å². The van der Waals surface area contributed by atoms with Gasteiger partial charge >= 0.3 is 0 Å². The van der Waals surface area contributed by atoms with Gasteiger partial charge in [0, 0.05) is 31.9 Å². The molecule has 1 aliphatic heterocycles. The second-order valence-corrected chi connectivity index (χ2v) is 3.55. The van der Waals surface area contributed by atoms with Crippen LogP contribution in [0, 0.1) is 0 Å². The Labute approximate surface area is 83.9 Å². The molecule has 1 aromatic rings. The van der Waals surface area contributed by atoms with Gasteiger partial charge in [-0.2, -0.15) is 0 Å². The van der Waals surface area contributed by atoms with Gasteiger partial charge in [-0.15, -0.1) is 0 Å². The molecule has 0 radical (unpaired) electrons. The highest BCUT2D eigenvalue weighted by Crippen LogP contribution is 2.11. The summed E-state index contributed by atoms with van der Waals surface area (Å²) >= 11 is 0. The summed E-state index contributed by atoms with van der Waals surface area (Å²) in [5, 5.41) is 6.71. The lowest BCUT2D eigenvalue weighted by Crippen LogP contribution is -2.53. The van der Waals surface area contributed by atoms with Crippen molar-refractivity contribution in [3.63, 3.8) is 0 Å². The van der Waals surface area contributed by atoms with Gasteiger partial charge in [-0.25, -0.2) is 0 Å². The number of hydrogen-bond acceptors (Lipinski definition) is 4. The lowest BCUT2D eigenvalue weighted by atomic mass is 10.0. The number of nitrogens with zero attached hydrogens (tertiary/aromatic N) is 1. The standard InChI is InChI=1S/C10H16N4/c11-10(8-3-1-2-4-13-8)9-7-12-5-6-14-9/h1-4,9-10,12,14H,5-7,11H2. The minimum Gasteiger partial charge on any atom is -0.321 e. The van der Waals surface area contributed by atoms with Crippen LogP contribution >= 0.6 is 0 Å². The number of pyridine rings is 1. The summed E-state index contributed by atoms with van der Waals surface area (Å²) in [6.45, 7) is 2.91. The molecule has 0 aliphatic carbocycles. The van der Waals surface area contributed by atoms with E-state index in [1.54, 1.807) is 6.20 Å². The van der Waals surface area contributed by atoms with Crippen molar-refractivity contribution in [1.82, 2.24) is 15.6 Å². The van der Waals surface area contributed by atoms with Crippen LogP contribution in [0.5, 0.6) is 0 Å². The number of hydrogen-bond donors (Lipinski definition) is 3. The highest BCUT2D eigenvalue weighted by atomic mass is 15.1. The van der Waals surface area contributed by atoms with Gasteiger partial charge in [-0.05, 0) is 12.1 Å². The zero-order valence-corrected chi connectivity index (χ0v) is 8.11. The first kappa shape index (κ1) is 9.58. The van der Waals surface area contributed by atoms with E-state index in [9.17, 15) is 0 Å². The van der Waals surface area contributed by atoms with Crippen LogP contribution in [0.25, 0.3) is 0 Å².